The Balaban J connectivity index is 1.67. The summed E-state index contributed by atoms with van der Waals surface area (Å²) in [5.74, 6) is -0.610. The Bertz CT molecular complexity index is 872. The van der Waals surface area contributed by atoms with Gasteiger partial charge in [-0.2, -0.15) is 4.31 Å². The first-order chi connectivity index (χ1) is 12.4. The maximum Gasteiger partial charge on any atom is 0.253 e. The van der Waals surface area contributed by atoms with Crippen LogP contribution in [0.2, 0.25) is 0 Å². The molecule has 5 nitrogen and oxygen atoms in total. The number of sulfonamides is 1. The van der Waals surface area contributed by atoms with E-state index in [2.05, 4.69) is 0 Å². The van der Waals surface area contributed by atoms with E-state index >= 15 is 0 Å². The zero-order valence-corrected chi connectivity index (χ0v) is 15.4. The summed E-state index contributed by atoms with van der Waals surface area (Å²) in [7, 11) is -3.56. The van der Waals surface area contributed by atoms with Gasteiger partial charge < -0.3 is 4.90 Å². The lowest BCUT2D eigenvalue weighted by molar-refractivity contribution is 0.0698. The van der Waals surface area contributed by atoms with Crippen LogP contribution in [0.1, 0.15) is 22.8 Å². The topological polar surface area (TPSA) is 57.7 Å². The van der Waals surface area contributed by atoms with Crippen molar-refractivity contribution in [1.29, 1.82) is 0 Å². The van der Waals surface area contributed by atoms with Gasteiger partial charge in [0.15, 0.2) is 0 Å². The van der Waals surface area contributed by atoms with Crippen molar-refractivity contribution in [3.05, 3.63) is 65.5 Å². The molecule has 138 valence electrons. The quantitative estimate of drug-likeness (QED) is 0.824. The predicted molar refractivity (Wildman–Crippen MR) is 96.9 cm³/mol. The number of amides is 1. The van der Waals surface area contributed by atoms with Gasteiger partial charge in [0, 0.05) is 31.7 Å². The van der Waals surface area contributed by atoms with E-state index in [1.165, 1.54) is 28.6 Å². The molecule has 26 heavy (non-hydrogen) atoms. The van der Waals surface area contributed by atoms with E-state index in [4.69, 9.17) is 0 Å². The molecule has 3 rings (SSSR count). The van der Waals surface area contributed by atoms with Crippen LogP contribution in [0.4, 0.5) is 4.39 Å². The highest BCUT2D eigenvalue weighted by atomic mass is 32.2. The van der Waals surface area contributed by atoms with Gasteiger partial charge in [-0.3, -0.25) is 4.79 Å². The van der Waals surface area contributed by atoms with E-state index in [1.54, 1.807) is 17.0 Å². The summed E-state index contributed by atoms with van der Waals surface area (Å²) in [5, 5.41) is 0. The van der Waals surface area contributed by atoms with Crippen molar-refractivity contribution in [2.45, 2.75) is 18.2 Å². The van der Waals surface area contributed by atoms with Crippen molar-refractivity contribution >= 4 is 15.9 Å². The van der Waals surface area contributed by atoms with Crippen molar-refractivity contribution in [2.75, 3.05) is 26.2 Å². The molecule has 2 aromatic carbocycles. The fourth-order valence-electron chi connectivity index (χ4n) is 2.95. The molecule has 0 saturated carbocycles. The molecule has 7 heteroatoms. The van der Waals surface area contributed by atoms with E-state index < -0.39 is 15.8 Å². The van der Waals surface area contributed by atoms with Gasteiger partial charge in [0.05, 0.1) is 4.90 Å². The Morgan fingerprint density at radius 2 is 1.54 bits per heavy atom. The summed E-state index contributed by atoms with van der Waals surface area (Å²) in [6.45, 7) is 3.11. The number of hydrogen-bond acceptors (Lipinski definition) is 3. The second kappa shape index (κ2) is 7.55. The van der Waals surface area contributed by atoms with Crippen LogP contribution in [-0.4, -0.2) is 49.7 Å². The molecule has 0 spiro atoms. The second-order valence-corrected chi connectivity index (χ2v) is 8.14. The number of benzene rings is 2. The molecule has 1 aliphatic heterocycles. The van der Waals surface area contributed by atoms with E-state index in [0.717, 1.165) is 12.0 Å². The number of carbonyl (C=O) groups excluding carboxylic acids is 1. The lowest BCUT2D eigenvalue weighted by Crippen LogP contribution is -2.50. The lowest BCUT2D eigenvalue weighted by Gasteiger charge is -2.34. The number of halogens is 1. The van der Waals surface area contributed by atoms with Gasteiger partial charge in [-0.05, 0) is 48.4 Å². The fourth-order valence-corrected chi connectivity index (χ4v) is 4.37. The van der Waals surface area contributed by atoms with Crippen LogP contribution in [0.5, 0.6) is 0 Å². The Kier molecular flexibility index (Phi) is 5.38. The summed E-state index contributed by atoms with van der Waals surface area (Å²) in [6, 6.07) is 12.3. The number of piperazine rings is 1. The molecule has 0 atom stereocenters. The van der Waals surface area contributed by atoms with Gasteiger partial charge >= 0.3 is 0 Å². The molecule has 0 aromatic heterocycles. The summed E-state index contributed by atoms with van der Waals surface area (Å²) in [6.07, 6.45) is 0.852. The largest absolute Gasteiger partial charge is 0.336 e. The third kappa shape index (κ3) is 3.78. The smallest absolute Gasteiger partial charge is 0.253 e. The molecule has 0 unspecified atom stereocenters. The highest BCUT2D eigenvalue weighted by Crippen LogP contribution is 2.19. The van der Waals surface area contributed by atoms with Gasteiger partial charge in [0.2, 0.25) is 10.0 Å². The van der Waals surface area contributed by atoms with Gasteiger partial charge in [-0.25, -0.2) is 12.8 Å². The molecule has 0 N–H and O–H groups in total. The average molecular weight is 376 g/mol. The molecular weight excluding hydrogens is 355 g/mol. The van der Waals surface area contributed by atoms with Crippen LogP contribution in [0.3, 0.4) is 0 Å². The summed E-state index contributed by atoms with van der Waals surface area (Å²) < 4.78 is 39.9. The number of carbonyl (C=O) groups is 1. The number of rotatable bonds is 4. The molecule has 2 aromatic rings. The molecule has 1 amide bonds. The fraction of sp³-hybridized carbons (Fsp3) is 0.316. The third-order valence-electron chi connectivity index (χ3n) is 4.59. The van der Waals surface area contributed by atoms with Crippen molar-refractivity contribution in [2.24, 2.45) is 0 Å². The number of nitrogens with zero attached hydrogens (tertiary/aromatic N) is 2. The van der Waals surface area contributed by atoms with Gasteiger partial charge in [-0.15, -0.1) is 0 Å². The van der Waals surface area contributed by atoms with E-state index in [9.17, 15) is 17.6 Å². The Morgan fingerprint density at radius 3 is 2.08 bits per heavy atom. The van der Waals surface area contributed by atoms with Crippen molar-refractivity contribution in [3.8, 4) is 0 Å². The minimum atomic E-state index is -3.56. The molecular formula is C19H21FN2O3S. The van der Waals surface area contributed by atoms with Crippen molar-refractivity contribution < 1.29 is 17.6 Å². The lowest BCUT2D eigenvalue weighted by atomic mass is 10.2. The Hall–Kier alpha value is -2.25. The molecule has 1 aliphatic rings. The Labute approximate surface area is 153 Å². The van der Waals surface area contributed by atoms with Gasteiger partial charge in [-0.1, -0.05) is 19.1 Å². The van der Waals surface area contributed by atoms with Crippen LogP contribution < -0.4 is 0 Å². The van der Waals surface area contributed by atoms with E-state index in [1.807, 2.05) is 19.1 Å². The summed E-state index contributed by atoms with van der Waals surface area (Å²) >= 11 is 0. The second-order valence-electron chi connectivity index (χ2n) is 6.20. The third-order valence-corrected chi connectivity index (χ3v) is 6.50. The summed E-state index contributed by atoms with van der Waals surface area (Å²) in [5.41, 5.74) is 1.48. The van der Waals surface area contributed by atoms with Crippen LogP contribution in [0.15, 0.2) is 53.4 Å². The maximum atomic E-state index is 13.0. The highest BCUT2D eigenvalue weighted by Gasteiger charge is 2.30. The first-order valence-corrected chi connectivity index (χ1v) is 10.00. The molecule has 0 aliphatic carbocycles. The van der Waals surface area contributed by atoms with E-state index in [0.29, 0.717) is 18.7 Å². The van der Waals surface area contributed by atoms with Crippen LogP contribution in [0, 0.1) is 5.82 Å². The highest BCUT2D eigenvalue weighted by molar-refractivity contribution is 7.89. The number of hydrogen-bond donors (Lipinski definition) is 0. The normalized spacial score (nSPS) is 15.8. The van der Waals surface area contributed by atoms with Crippen LogP contribution in [0.25, 0.3) is 0 Å². The van der Waals surface area contributed by atoms with E-state index in [-0.39, 0.29) is 23.9 Å². The minimum Gasteiger partial charge on any atom is -0.336 e. The predicted octanol–water partition coefficient (Wildman–Crippen LogP) is 2.53. The zero-order valence-electron chi connectivity index (χ0n) is 14.6. The molecule has 1 fully saturated rings. The Morgan fingerprint density at radius 1 is 0.962 bits per heavy atom. The SMILES string of the molecule is CCc1ccc(S(=O)(=O)N2CCN(C(=O)c3ccc(F)cc3)CC2)cc1. The van der Waals surface area contributed by atoms with Crippen molar-refractivity contribution in [1.82, 2.24) is 9.21 Å². The number of aryl methyl sites for hydroxylation is 1. The van der Waals surface area contributed by atoms with Gasteiger partial charge in [0.1, 0.15) is 5.82 Å². The molecule has 1 saturated heterocycles. The molecule has 0 bridgehead atoms. The first kappa shape index (κ1) is 18.5. The minimum absolute atomic E-state index is 0.214. The monoisotopic (exact) mass is 376 g/mol. The standard InChI is InChI=1S/C19H21FN2O3S/c1-2-15-3-9-18(10-4-15)26(24,25)22-13-11-21(12-14-22)19(23)16-5-7-17(20)8-6-16/h3-10H,2,11-14H2,1H3. The first-order valence-electron chi connectivity index (χ1n) is 8.56. The van der Waals surface area contributed by atoms with Crippen LogP contribution in [-0.2, 0) is 16.4 Å². The maximum absolute atomic E-state index is 13.0. The van der Waals surface area contributed by atoms with Crippen LogP contribution >= 0.6 is 0 Å². The summed E-state index contributed by atoms with van der Waals surface area (Å²) in [4.78, 5) is 14.3. The zero-order chi connectivity index (χ0) is 18.7. The van der Waals surface area contributed by atoms with Crippen molar-refractivity contribution in [3.63, 3.8) is 0 Å². The molecule has 0 radical (unpaired) electrons. The molecule has 1 heterocycles. The van der Waals surface area contributed by atoms with Gasteiger partial charge in [0.25, 0.3) is 5.91 Å². The average Bonchev–Trinajstić information content (AvgIpc) is 2.68.